The lowest BCUT2D eigenvalue weighted by Crippen LogP contribution is -2.37. The molecule has 2 aliphatic heterocycles. The van der Waals surface area contributed by atoms with Crippen molar-refractivity contribution in [3.05, 3.63) is 46.7 Å². The van der Waals surface area contributed by atoms with Gasteiger partial charge in [0.1, 0.15) is 11.7 Å². The van der Waals surface area contributed by atoms with E-state index in [1.165, 1.54) is 12.2 Å². The van der Waals surface area contributed by atoms with Crippen LogP contribution in [0, 0.1) is 0 Å². The summed E-state index contributed by atoms with van der Waals surface area (Å²) in [7, 11) is -3.39. The van der Waals surface area contributed by atoms with Crippen molar-refractivity contribution < 1.29 is 13.2 Å². The van der Waals surface area contributed by atoms with Crippen LogP contribution in [0.25, 0.3) is 0 Å². The highest BCUT2D eigenvalue weighted by Crippen LogP contribution is 2.17. The maximum Gasteiger partial charge on any atom is 0.258 e. The summed E-state index contributed by atoms with van der Waals surface area (Å²) in [5.74, 6) is 0.371. The van der Waals surface area contributed by atoms with E-state index >= 15 is 0 Å². The van der Waals surface area contributed by atoms with Gasteiger partial charge in [0, 0.05) is 23.4 Å². The van der Waals surface area contributed by atoms with Gasteiger partial charge in [0.2, 0.25) is 0 Å². The fraction of sp³-hybridized carbons (Fsp3) is 0.154. The van der Waals surface area contributed by atoms with Gasteiger partial charge in [-0.1, -0.05) is 0 Å². The third-order valence-corrected chi connectivity index (χ3v) is 4.69. The van der Waals surface area contributed by atoms with Gasteiger partial charge in [-0.15, -0.1) is 4.40 Å². The van der Waals surface area contributed by atoms with Crippen molar-refractivity contribution in [3.63, 3.8) is 0 Å². The largest absolute Gasteiger partial charge is 0.330 e. The van der Waals surface area contributed by atoms with E-state index in [2.05, 4.69) is 30.6 Å². The Kier molecular flexibility index (Phi) is 3.83. The molecule has 0 fully saturated rings. The third kappa shape index (κ3) is 3.25. The molecule has 1 aromatic rings. The summed E-state index contributed by atoms with van der Waals surface area (Å²) >= 11 is 3.27. The summed E-state index contributed by atoms with van der Waals surface area (Å²) in [6, 6.07) is 3.45. The first-order valence-electron chi connectivity index (χ1n) is 6.35. The van der Waals surface area contributed by atoms with Crippen molar-refractivity contribution in [3.8, 4) is 0 Å². The third-order valence-electron chi connectivity index (χ3n) is 3.06. The number of nitrogens with zero attached hydrogens (tertiary/aromatic N) is 3. The average Bonchev–Trinajstić information content (AvgIpc) is 2.48. The first-order chi connectivity index (χ1) is 10.4. The standard InChI is InChI=1S/C13H11BrN4O3S/c14-10-2-3-11(15-7-10)16-13(19)9-1-4-12-17-22(20,21)6-5-18(12)8-9/h1-4,7-8H,5-6H2,(H,15,16,19). The van der Waals surface area contributed by atoms with Crippen LogP contribution in [0.1, 0.15) is 0 Å². The number of amides is 1. The molecule has 22 heavy (non-hydrogen) atoms. The van der Waals surface area contributed by atoms with Gasteiger partial charge in [0.25, 0.3) is 15.9 Å². The van der Waals surface area contributed by atoms with Crippen LogP contribution in [0.2, 0.25) is 0 Å². The summed E-state index contributed by atoms with van der Waals surface area (Å²) in [6.07, 6.45) is 6.22. The van der Waals surface area contributed by atoms with Crippen molar-refractivity contribution in [2.75, 3.05) is 17.6 Å². The maximum atomic E-state index is 12.2. The monoisotopic (exact) mass is 382 g/mol. The molecule has 114 valence electrons. The first kappa shape index (κ1) is 14.9. The zero-order valence-electron chi connectivity index (χ0n) is 11.2. The fourth-order valence-corrected chi connectivity index (χ4v) is 3.18. The zero-order chi connectivity index (χ0) is 15.7. The molecule has 0 atom stereocenters. The number of carbonyl (C=O) groups is 1. The number of nitrogens with one attached hydrogen (secondary N) is 1. The molecule has 3 heterocycles. The number of pyridine rings is 1. The van der Waals surface area contributed by atoms with Gasteiger partial charge in [-0.2, -0.15) is 0 Å². The van der Waals surface area contributed by atoms with E-state index in [4.69, 9.17) is 0 Å². The van der Waals surface area contributed by atoms with Crippen LogP contribution >= 0.6 is 15.9 Å². The van der Waals surface area contributed by atoms with Gasteiger partial charge < -0.3 is 10.2 Å². The smallest absolute Gasteiger partial charge is 0.258 e. The molecule has 0 saturated carbocycles. The molecule has 1 aromatic heterocycles. The number of sulfonamides is 1. The second-order valence-corrected chi connectivity index (χ2v) is 7.33. The van der Waals surface area contributed by atoms with Crippen LogP contribution < -0.4 is 5.32 Å². The quantitative estimate of drug-likeness (QED) is 0.831. The van der Waals surface area contributed by atoms with E-state index in [9.17, 15) is 13.2 Å². The van der Waals surface area contributed by atoms with Crippen LogP contribution in [0.3, 0.4) is 0 Å². The number of anilines is 1. The summed E-state index contributed by atoms with van der Waals surface area (Å²) in [4.78, 5) is 17.9. The van der Waals surface area contributed by atoms with Crippen molar-refractivity contribution in [2.24, 2.45) is 4.40 Å². The van der Waals surface area contributed by atoms with Gasteiger partial charge in [0.15, 0.2) is 0 Å². The minimum atomic E-state index is -3.39. The van der Waals surface area contributed by atoms with Crippen LogP contribution in [-0.4, -0.2) is 42.3 Å². The minimum Gasteiger partial charge on any atom is -0.330 e. The molecule has 0 aliphatic carbocycles. The Morgan fingerprint density at radius 3 is 2.86 bits per heavy atom. The lowest BCUT2D eigenvalue weighted by molar-refractivity contribution is -0.112. The molecule has 0 spiro atoms. The predicted octanol–water partition coefficient (Wildman–Crippen LogP) is 1.28. The van der Waals surface area contributed by atoms with Crippen LogP contribution in [0.15, 0.2) is 51.1 Å². The number of hydrogen-bond donors (Lipinski definition) is 1. The number of halogens is 1. The van der Waals surface area contributed by atoms with Gasteiger partial charge >= 0.3 is 0 Å². The molecule has 3 rings (SSSR count). The summed E-state index contributed by atoms with van der Waals surface area (Å²) < 4.78 is 27.3. The highest BCUT2D eigenvalue weighted by atomic mass is 79.9. The molecule has 0 aromatic carbocycles. The Labute approximate surface area is 135 Å². The average molecular weight is 383 g/mol. The maximum absolute atomic E-state index is 12.2. The van der Waals surface area contributed by atoms with Crippen LogP contribution in [0.5, 0.6) is 0 Å². The van der Waals surface area contributed by atoms with E-state index in [1.54, 1.807) is 29.4 Å². The minimum absolute atomic E-state index is 0.0655. The Bertz CT molecular complexity index is 812. The van der Waals surface area contributed by atoms with E-state index in [1.807, 2.05) is 0 Å². The molecule has 7 nitrogen and oxygen atoms in total. The molecule has 0 bridgehead atoms. The number of amidine groups is 1. The molecule has 0 radical (unpaired) electrons. The normalized spacial score (nSPS) is 19.0. The SMILES string of the molecule is O=C(Nc1ccc(Br)cn1)C1=CN2CCS(=O)(=O)N=C2C=C1. The molecule has 0 unspecified atom stereocenters. The predicted molar refractivity (Wildman–Crippen MR) is 85.7 cm³/mol. The zero-order valence-corrected chi connectivity index (χ0v) is 13.6. The van der Waals surface area contributed by atoms with Crippen molar-refractivity contribution >= 4 is 43.5 Å². The van der Waals surface area contributed by atoms with Gasteiger partial charge in [-0.3, -0.25) is 4.79 Å². The Morgan fingerprint density at radius 2 is 2.14 bits per heavy atom. The number of carbonyl (C=O) groups excluding carboxylic acids is 1. The van der Waals surface area contributed by atoms with Crippen molar-refractivity contribution in [2.45, 2.75) is 0 Å². The summed E-state index contributed by atoms with van der Waals surface area (Å²) in [5.41, 5.74) is 0.406. The molecular weight excluding hydrogens is 372 g/mol. The molecular formula is C13H11BrN4O3S. The van der Waals surface area contributed by atoms with Crippen molar-refractivity contribution in [1.29, 1.82) is 0 Å². The molecule has 2 aliphatic rings. The van der Waals surface area contributed by atoms with Gasteiger partial charge in [-0.05, 0) is 40.2 Å². The van der Waals surface area contributed by atoms with Crippen molar-refractivity contribution in [1.82, 2.24) is 9.88 Å². The van der Waals surface area contributed by atoms with Gasteiger partial charge in [-0.25, -0.2) is 13.4 Å². The second kappa shape index (κ2) is 5.65. The lowest BCUT2D eigenvalue weighted by Gasteiger charge is -2.26. The van der Waals surface area contributed by atoms with E-state index in [0.717, 1.165) is 4.47 Å². The Morgan fingerprint density at radius 1 is 1.32 bits per heavy atom. The number of aromatic nitrogens is 1. The summed E-state index contributed by atoms with van der Waals surface area (Å²) in [5, 5.41) is 2.68. The van der Waals surface area contributed by atoms with E-state index < -0.39 is 10.0 Å². The number of rotatable bonds is 2. The second-order valence-electron chi connectivity index (χ2n) is 4.66. The Balaban J connectivity index is 1.77. The highest BCUT2D eigenvalue weighted by molar-refractivity contribution is 9.10. The fourth-order valence-electron chi connectivity index (χ4n) is 1.97. The van der Waals surface area contributed by atoms with Crippen LogP contribution in [-0.2, 0) is 14.8 Å². The Hall–Kier alpha value is -2.00. The molecule has 1 N–H and O–H groups in total. The number of hydrogen-bond acceptors (Lipinski definition) is 5. The van der Waals surface area contributed by atoms with E-state index in [0.29, 0.717) is 17.2 Å². The number of fused-ring (bicyclic) bond motifs is 1. The lowest BCUT2D eigenvalue weighted by atomic mass is 10.2. The first-order valence-corrected chi connectivity index (χ1v) is 8.75. The molecule has 9 heteroatoms. The summed E-state index contributed by atoms with van der Waals surface area (Å²) in [6.45, 7) is 0.277. The van der Waals surface area contributed by atoms with E-state index in [-0.39, 0.29) is 18.2 Å². The molecule has 1 amide bonds. The van der Waals surface area contributed by atoms with Crippen LogP contribution in [0.4, 0.5) is 5.82 Å². The van der Waals surface area contributed by atoms with Gasteiger partial charge in [0.05, 0.1) is 11.3 Å². The topological polar surface area (TPSA) is 91.7 Å². The molecule has 0 saturated heterocycles. The highest BCUT2D eigenvalue weighted by Gasteiger charge is 2.25.